The average Bonchev–Trinajstić information content (AvgIpc) is 2.49. The van der Waals surface area contributed by atoms with Crippen LogP contribution >= 0.6 is 0 Å². The molecule has 0 amide bonds. The molecular formula is C16H26N2O3S. The van der Waals surface area contributed by atoms with Crippen molar-refractivity contribution in [2.75, 3.05) is 10.5 Å². The Morgan fingerprint density at radius 1 is 1.18 bits per heavy atom. The highest BCUT2D eigenvalue weighted by Crippen LogP contribution is 2.14. The smallest absolute Gasteiger partial charge is 0.232 e. The molecule has 0 aliphatic rings. The number of hydrogen-bond acceptors (Lipinski definition) is 4. The van der Waals surface area contributed by atoms with E-state index < -0.39 is 10.0 Å². The van der Waals surface area contributed by atoms with Crippen LogP contribution in [0.2, 0.25) is 0 Å². The summed E-state index contributed by atoms with van der Waals surface area (Å²) in [7, 11) is -3.33. The molecule has 0 saturated carbocycles. The van der Waals surface area contributed by atoms with Crippen LogP contribution in [0.5, 0.6) is 0 Å². The molecule has 22 heavy (non-hydrogen) atoms. The lowest BCUT2D eigenvalue weighted by Gasteiger charge is -2.09. The van der Waals surface area contributed by atoms with Gasteiger partial charge >= 0.3 is 0 Å². The van der Waals surface area contributed by atoms with E-state index in [2.05, 4.69) is 16.8 Å². The van der Waals surface area contributed by atoms with Crippen LogP contribution in [0.4, 0.5) is 5.69 Å². The molecule has 5 nitrogen and oxygen atoms in total. The zero-order valence-electron chi connectivity index (χ0n) is 13.4. The van der Waals surface area contributed by atoms with Crippen molar-refractivity contribution in [3.8, 4) is 0 Å². The summed E-state index contributed by atoms with van der Waals surface area (Å²) in [6, 6.07) is 6.84. The highest BCUT2D eigenvalue weighted by Gasteiger charge is 2.10. The maximum absolute atomic E-state index is 12.0. The first-order valence-electron chi connectivity index (χ1n) is 7.78. The van der Waals surface area contributed by atoms with Gasteiger partial charge in [-0.05, 0) is 25.5 Å². The highest BCUT2D eigenvalue weighted by molar-refractivity contribution is 7.92. The first-order chi connectivity index (χ1) is 10.5. The Bertz CT molecular complexity index is 583. The summed E-state index contributed by atoms with van der Waals surface area (Å²) in [6.07, 6.45) is 6.28. The van der Waals surface area contributed by atoms with Crippen molar-refractivity contribution < 1.29 is 13.6 Å². The number of unbranched alkanes of at least 4 members (excludes halogenated alkanes) is 5. The third-order valence-corrected chi connectivity index (χ3v) is 4.84. The summed E-state index contributed by atoms with van der Waals surface area (Å²) in [5, 5.41) is 11.9. The van der Waals surface area contributed by atoms with Crippen molar-refractivity contribution >= 4 is 21.4 Å². The van der Waals surface area contributed by atoms with Gasteiger partial charge in [-0.3, -0.25) is 4.72 Å². The largest absolute Gasteiger partial charge is 0.411 e. The molecule has 1 aromatic rings. The number of rotatable bonds is 10. The number of hydrogen-bond donors (Lipinski definition) is 2. The van der Waals surface area contributed by atoms with E-state index in [0.717, 1.165) is 12.8 Å². The first kappa shape index (κ1) is 18.5. The first-order valence-corrected chi connectivity index (χ1v) is 9.43. The molecule has 0 saturated heterocycles. The Hall–Kier alpha value is -1.56. The fraction of sp³-hybridized carbons (Fsp3) is 0.562. The number of nitrogens with one attached hydrogen (secondary N) is 1. The fourth-order valence-corrected chi connectivity index (χ4v) is 3.34. The molecule has 0 aromatic heterocycles. The van der Waals surface area contributed by atoms with E-state index in [9.17, 15) is 8.42 Å². The SMILES string of the molecule is CCCCCCCCS(=O)(=O)Nc1cccc(/C(C)=N/O)c1. The Labute approximate surface area is 133 Å². The maximum Gasteiger partial charge on any atom is 0.232 e. The van der Waals surface area contributed by atoms with Crippen LogP contribution in [0.25, 0.3) is 0 Å². The van der Waals surface area contributed by atoms with Crippen molar-refractivity contribution in [1.82, 2.24) is 0 Å². The Balaban J connectivity index is 2.51. The lowest BCUT2D eigenvalue weighted by molar-refractivity contribution is 0.319. The van der Waals surface area contributed by atoms with Gasteiger partial charge in [0.15, 0.2) is 0 Å². The second kappa shape index (κ2) is 9.46. The third-order valence-electron chi connectivity index (χ3n) is 3.47. The van der Waals surface area contributed by atoms with E-state index in [0.29, 0.717) is 23.4 Å². The molecule has 1 aromatic carbocycles. The van der Waals surface area contributed by atoms with Crippen LogP contribution in [0.15, 0.2) is 29.4 Å². The van der Waals surface area contributed by atoms with Gasteiger partial charge in [0.05, 0.1) is 11.5 Å². The average molecular weight is 326 g/mol. The number of oxime groups is 1. The summed E-state index contributed by atoms with van der Waals surface area (Å²) in [4.78, 5) is 0. The molecule has 0 spiro atoms. The monoisotopic (exact) mass is 326 g/mol. The topological polar surface area (TPSA) is 78.8 Å². The number of benzene rings is 1. The zero-order valence-corrected chi connectivity index (χ0v) is 14.2. The molecule has 0 aliphatic carbocycles. The molecule has 0 heterocycles. The van der Waals surface area contributed by atoms with Gasteiger partial charge in [0.1, 0.15) is 0 Å². The quantitative estimate of drug-likeness (QED) is 0.295. The lowest BCUT2D eigenvalue weighted by atomic mass is 10.1. The minimum atomic E-state index is -3.33. The lowest BCUT2D eigenvalue weighted by Crippen LogP contribution is -2.17. The van der Waals surface area contributed by atoms with Gasteiger partial charge in [0, 0.05) is 11.3 Å². The summed E-state index contributed by atoms with van der Waals surface area (Å²) in [5.41, 5.74) is 1.62. The van der Waals surface area contributed by atoms with Crippen LogP contribution in [0, 0.1) is 0 Å². The van der Waals surface area contributed by atoms with Crippen LogP contribution in [-0.4, -0.2) is 25.1 Å². The van der Waals surface area contributed by atoms with Crippen molar-refractivity contribution in [3.05, 3.63) is 29.8 Å². The standard InChI is InChI=1S/C16H26N2O3S/c1-3-4-5-6-7-8-12-22(20,21)18-16-11-9-10-15(13-16)14(2)17-19/h9-11,13,18-19H,3-8,12H2,1-2H3/b17-14+. The van der Waals surface area contributed by atoms with Crippen LogP contribution in [0.1, 0.15) is 57.9 Å². The van der Waals surface area contributed by atoms with E-state index in [4.69, 9.17) is 5.21 Å². The second-order valence-corrected chi connectivity index (χ2v) is 7.30. The van der Waals surface area contributed by atoms with Gasteiger partial charge in [-0.2, -0.15) is 0 Å². The predicted molar refractivity (Wildman–Crippen MR) is 91.2 cm³/mol. The normalized spacial score (nSPS) is 12.4. The molecule has 1 rings (SSSR count). The number of sulfonamides is 1. The summed E-state index contributed by atoms with van der Waals surface area (Å²) >= 11 is 0. The van der Waals surface area contributed by atoms with Crippen LogP contribution < -0.4 is 4.72 Å². The van der Waals surface area contributed by atoms with Crippen molar-refractivity contribution in [3.63, 3.8) is 0 Å². The number of anilines is 1. The molecule has 0 atom stereocenters. The van der Waals surface area contributed by atoms with Gasteiger partial charge in [-0.25, -0.2) is 8.42 Å². The Morgan fingerprint density at radius 3 is 2.55 bits per heavy atom. The van der Waals surface area contributed by atoms with Crippen LogP contribution in [0.3, 0.4) is 0 Å². The molecular weight excluding hydrogens is 300 g/mol. The van der Waals surface area contributed by atoms with Gasteiger partial charge in [-0.15, -0.1) is 0 Å². The summed E-state index contributed by atoms with van der Waals surface area (Å²) < 4.78 is 26.7. The molecule has 0 bridgehead atoms. The predicted octanol–water partition coefficient (Wildman–Crippen LogP) is 3.99. The molecule has 6 heteroatoms. The van der Waals surface area contributed by atoms with Crippen molar-refractivity contribution in [1.29, 1.82) is 0 Å². The van der Waals surface area contributed by atoms with E-state index in [-0.39, 0.29) is 5.75 Å². The molecule has 0 fully saturated rings. The summed E-state index contributed by atoms with van der Waals surface area (Å²) in [6.45, 7) is 3.82. The van der Waals surface area contributed by atoms with Gasteiger partial charge < -0.3 is 5.21 Å². The molecule has 0 unspecified atom stereocenters. The van der Waals surface area contributed by atoms with E-state index >= 15 is 0 Å². The van der Waals surface area contributed by atoms with Crippen molar-refractivity contribution in [2.45, 2.75) is 52.4 Å². The van der Waals surface area contributed by atoms with Gasteiger partial charge in [0.2, 0.25) is 10.0 Å². The van der Waals surface area contributed by atoms with E-state index in [1.807, 2.05) is 0 Å². The van der Waals surface area contributed by atoms with Crippen LogP contribution in [-0.2, 0) is 10.0 Å². The Kier molecular flexibility index (Phi) is 7.95. The molecule has 0 aliphatic heterocycles. The van der Waals surface area contributed by atoms with E-state index in [1.165, 1.54) is 19.3 Å². The van der Waals surface area contributed by atoms with Gasteiger partial charge in [0.25, 0.3) is 0 Å². The molecule has 2 N–H and O–H groups in total. The minimum Gasteiger partial charge on any atom is -0.411 e. The van der Waals surface area contributed by atoms with E-state index in [1.54, 1.807) is 31.2 Å². The minimum absolute atomic E-state index is 0.135. The molecule has 0 radical (unpaired) electrons. The highest BCUT2D eigenvalue weighted by atomic mass is 32.2. The zero-order chi connectivity index (χ0) is 16.4. The summed E-state index contributed by atoms with van der Waals surface area (Å²) in [5.74, 6) is 0.135. The fourth-order valence-electron chi connectivity index (χ4n) is 2.17. The Morgan fingerprint density at radius 2 is 1.86 bits per heavy atom. The third kappa shape index (κ3) is 6.93. The number of nitrogens with zero attached hydrogens (tertiary/aromatic N) is 1. The maximum atomic E-state index is 12.0. The van der Waals surface area contributed by atoms with Gasteiger partial charge in [-0.1, -0.05) is 56.3 Å². The molecule has 124 valence electrons. The van der Waals surface area contributed by atoms with Crippen molar-refractivity contribution in [2.24, 2.45) is 5.16 Å². The second-order valence-electron chi connectivity index (χ2n) is 5.45.